The molecule has 2 aliphatic carbocycles. The standard InChI is InChI=1S/C16H14N2O4/c19-11-4-3-10(12(20)6-11)7-17-18-15(21)13-8-1-2-9(5-8)14(13)16(18)22/h1-4,6-9,13-14,19-20H,5H2/b17-7+. The second-order valence-electron chi connectivity index (χ2n) is 5.98. The van der Waals surface area contributed by atoms with E-state index >= 15 is 0 Å². The Bertz CT molecular complexity index is 710. The minimum absolute atomic E-state index is 0.0693. The number of hydrogen-bond donors (Lipinski definition) is 2. The highest BCUT2D eigenvalue weighted by Crippen LogP contribution is 2.52. The van der Waals surface area contributed by atoms with Gasteiger partial charge in [-0.05, 0) is 30.4 Å². The topological polar surface area (TPSA) is 90.2 Å². The molecule has 112 valence electrons. The van der Waals surface area contributed by atoms with E-state index in [1.807, 2.05) is 12.2 Å². The summed E-state index contributed by atoms with van der Waals surface area (Å²) in [5, 5.41) is 23.8. The van der Waals surface area contributed by atoms with Gasteiger partial charge in [0.2, 0.25) is 0 Å². The van der Waals surface area contributed by atoms with Gasteiger partial charge in [0.1, 0.15) is 11.5 Å². The predicted molar refractivity (Wildman–Crippen MR) is 76.9 cm³/mol. The van der Waals surface area contributed by atoms with Crippen molar-refractivity contribution in [1.29, 1.82) is 0 Å². The van der Waals surface area contributed by atoms with E-state index in [9.17, 15) is 19.8 Å². The summed E-state index contributed by atoms with van der Waals surface area (Å²) in [4.78, 5) is 24.8. The molecule has 6 heteroatoms. The van der Waals surface area contributed by atoms with Gasteiger partial charge in [0, 0.05) is 11.6 Å². The molecule has 22 heavy (non-hydrogen) atoms. The molecule has 6 nitrogen and oxygen atoms in total. The van der Waals surface area contributed by atoms with E-state index in [2.05, 4.69) is 5.10 Å². The first-order valence-electron chi connectivity index (χ1n) is 7.18. The monoisotopic (exact) mass is 298 g/mol. The van der Waals surface area contributed by atoms with Crippen molar-refractivity contribution in [3.8, 4) is 11.5 Å². The van der Waals surface area contributed by atoms with Crippen LogP contribution in [0.15, 0.2) is 35.5 Å². The summed E-state index contributed by atoms with van der Waals surface area (Å²) in [6.45, 7) is 0. The summed E-state index contributed by atoms with van der Waals surface area (Å²) in [7, 11) is 0. The molecule has 3 aliphatic rings. The van der Waals surface area contributed by atoms with Gasteiger partial charge in [-0.2, -0.15) is 10.1 Å². The molecule has 1 saturated heterocycles. The molecule has 0 spiro atoms. The second-order valence-corrected chi connectivity index (χ2v) is 5.98. The van der Waals surface area contributed by atoms with E-state index in [4.69, 9.17) is 0 Å². The van der Waals surface area contributed by atoms with Crippen molar-refractivity contribution in [3.63, 3.8) is 0 Å². The smallest absolute Gasteiger partial charge is 0.254 e. The van der Waals surface area contributed by atoms with Crippen molar-refractivity contribution in [2.75, 3.05) is 0 Å². The highest BCUT2D eigenvalue weighted by Gasteiger charge is 2.59. The molecule has 1 heterocycles. The van der Waals surface area contributed by atoms with Crippen molar-refractivity contribution >= 4 is 18.0 Å². The first-order valence-corrected chi connectivity index (χ1v) is 7.18. The number of imide groups is 1. The van der Waals surface area contributed by atoms with Gasteiger partial charge in [0.05, 0.1) is 18.1 Å². The maximum Gasteiger partial charge on any atom is 0.254 e. The number of rotatable bonds is 2. The van der Waals surface area contributed by atoms with Gasteiger partial charge in [-0.25, -0.2) is 0 Å². The number of hydrazone groups is 1. The van der Waals surface area contributed by atoms with Crippen LogP contribution in [-0.4, -0.2) is 33.3 Å². The average Bonchev–Trinajstić information content (AvgIpc) is 3.14. The number of carbonyl (C=O) groups excluding carboxylic acids is 2. The Hall–Kier alpha value is -2.63. The van der Waals surface area contributed by atoms with Gasteiger partial charge in [0.15, 0.2) is 0 Å². The normalized spacial score (nSPS) is 32.5. The fourth-order valence-corrected chi connectivity index (χ4v) is 3.76. The lowest BCUT2D eigenvalue weighted by Gasteiger charge is -2.13. The number of phenolic OH excluding ortho intramolecular Hbond substituents is 2. The number of allylic oxidation sites excluding steroid dienone is 2. The number of amides is 2. The molecule has 4 rings (SSSR count). The van der Waals surface area contributed by atoms with Crippen LogP contribution in [0.2, 0.25) is 0 Å². The molecule has 1 saturated carbocycles. The largest absolute Gasteiger partial charge is 0.508 e. The average molecular weight is 298 g/mol. The van der Waals surface area contributed by atoms with Crippen LogP contribution in [0.4, 0.5) is 0 Å². The number of fused-ring (bicyclic) bond motifs is 5. The third-order valence-electron chi connectivity index (χ3n) is 4.77. The van der Waals surface area contributed by atoms with Crippen molar-refractivity contribution in [2.24, 2.45) is 28.8 Å². The maximum atomic E-state index is 12.4. The molecular weight excluding hydrogens is 284 g/mol. The van der Waals surface area contributed by atoms with Gasteiger partial charge >= 0.3 is 0 Å². The van der Waals surface area contributed by atoms with E-state index < -0.39 is 0 Å². The first kappa shape index (κ1) is 13.1. The molecule has 2 bridgehead atoms. The Morgan fingerprint density at radius 2 is 1.73 bits per heavy atom. The first-order chi connectivity index (χ1) is 10.6. The molecule has 1 aromatic carbocycles. The zero-order chi connectivity index (χ0) is 15.4. The molecule has 1 aromatic rings. The number of carbonyl (C=O) groups is 2. The highest BCUT2D eigenvalue weighted by molar-refractivity contribution is 6.06. The van der Waals surface area contributed by atoms with Crippen LogP contribution >= 0.6 is 0 Å². The summed E-state index contributed by atoms with van der Waals surface area (Å²) in [5.41, 5.74) is 0.330. The zero-order valence-electron chi connectivity index (χ0n) is 11.6. The van der Waals surface area contributed by atoms with Crippen LogP contribution < -0.4 is 0 Å². The molecule has 1 aliphatic heterocycles. The van der Waals surface area contributed by atoms with Crippen molar-refractivity contribution in [1.82, 2.24) is 5.01 Å². The third kappa shape index (κ3) is 1.70. The fourth-order valence-electron chi connectivity index (χ4n) is 3.76. The lowest BCUT2D eigenvalue weighted by Crippen LogP contribution is -2.28. The number of hydrogen-bond acceptors (Lipinski definition) is 5. The van der Waals surface area contributed by atoms with Crippen LogP contribution in [0.25, 0.3) is 0 Å². The summed E-state index contributed by atoms with van der Waals surface area (Å²) >= 11 is 0. The number of nitrogens with zero attached hydrogens (tertiary/aromatic N) is 2. The molecule has 4 atom stereocenters. The number of phenols is 2. The molecule has 4 unspecified atom stereocenters. The molecule has 2 fully saturated rings. The van der Waals surface area contributed by atoms with Crippen molar-refractivity contribution < 1.29 is 19.8 Å². The Morgan fingerprint density at radius 1 is 1.09 bits per heavy atom. The van der Waals surface area contributed by atoms with Crippen molar-refractivity contribution in [3.05, 3.63) is 35.9 Å². The van der Waals surface area contributed by atoms with Crippen LogP contribution in [0.1, 0.15) is 12.0 Å². The molecule has 0 radical (unpaired) electrons. The summed E-state index contributed by atoms with van der Waals surface area (Å²) in [5.74, 6) is -1.03. The summed E-state index contributed by atoms with van der Waals surface area (Å²) < 4.78 is 0. The Morgan fingerprint density at radius 3 is 2.32 bits per heavy atom. The molecule has 0 aromatic heterocycles. The van der Waals surface area contributed by atoms with E-state index in [0.717, 1.165) is 11.4 Å². The maximum absolute atomic E-state index is 12.4. The number of benzene rings is 1. The second kappa shape index (κ2) is 4.43. The Balaban J connectivity index is 1.60. The van der Waals surface area contributed by atoms with Crippen LogP contribution in [0.5, 0.6) is 11.5 Å². The van der Waals surface area contributed by atoms with Gasteiger partial charge < -0.3 is 10.2 Å². The molecule has 2 amide bonds. The van der Waals surface area contributed by atoms with Gasteiger partial charge in [-0.1, -0.05) is 12.2 Å². The quantitative estimate of drug-likeness (QED) is 0.488. The van der Waals surface area contributed by atoms with Gasteiger partial charge in [-0.15, -0.1) is 0 Å². The third-order valence-corrected chi connectivity index (χ3v) is 4.77. The summed E-state index contributed by atoms with van der Waals surface area (Å²) in [6.07, 6.45) is 6.19. The lowest BCUT2D eigenvalue weighted by atomic mass is 9.85. The number of aromatic hydroxyl groups is 2. The zero-order valence-corrected chi connectivity index (χ0v) is 11.6. The van der Waals surface area contributed by atoms with Crippen LogP contribution in [0.3, 0.4) is 0 Å². The lowest BCUT2D eigenvalue weighted by molar-refractivity contribution is -0.140. The van der Waals surface area contributed by atoms with E-state index in [-0.39, 0.29) is 47.0 Å². The minimum Gasteiger partial charge on any atom is -0.508 e. The summed E-state index contributed by atoms with van der Waals surface area (Å²) in [6, 6.07) is 4.03. The molecular formula is C16H14N2O4. The minimum atomic E-state index is -0.284. The predicted octanol–water partition coefficient (Wildman–Crippen LogP) is 1.24. The van der Waals surface area contributed by atoms with Gasteiger partial charge in [-0.3, -0.25) is 9.59 Å². The fraction of sp³-hybridized carbons (Fsp3) is 0.312. The molecule has 2 N–H and O–H groups in total. The highest BCUT2D eigenvalue weighted by atomic mass is 16.3. The SMILES string of the molecule is O=C1C2C3C=CC(C3)C2C(=O)N1/N=C/c1ccc(O)cc1O. The Labute approximate surface area is 126 Å². The Kier molecular flexibility index (Phi) is 2.63. The van der Waals surface area contributed by atoms with Crippen LogP contribution in [0, 0.1) is 23.7 Å². The van der Waals surface area contributed by atoms with E-state index in [0.29, 0.717) is 5.56 Å². The van der Waals surface area contributed by atoms with E-state index in [1.165, 1.54) is 24.4 Å². The van der Waals surface area contributed by atoms with Crippen LogP contribution in [-0.2, 0) is 9.59 Å². The van der Waals surface area contributed by atoms with Crippen molar-refractivity contribution in [2.45, 2.75) is 6.42 Å². The van der Waals surface area contributed by atoms with E-state index in [1.54, 1.807) is 0 Å². The van der Waals surface area contributed by atoms with Gasteiger partial charge in [0.25, 0.3) is 11.8 Å².